The summed E-state index contributed by atoms with van der Waals surface area (Å²) < 4.78 is 29.1. The second-order valence-electron chi connectivity index (χ2n) is 14.2. The zero-order chi connectivity index (χ0) is 38.1. The Labute approximate surface area is 312 Å². The lowest BCUT2D eigenvalue weighted by molar-refractivity contribution is -0.128. The molecule has 2 N–H and O–H groups in total. The lowest BCUT2D eigenvalue weighted by atomic mass is 9.95. The second kappa shape index (κ2) is 17.9. The summed E-state index contributed by atoms with van der Waals surface area (Å²) in [5, 5.41) is 18.8. The van der Waals surface area contributed by atoms with Crippen molar-refractivity contribution in [2.24, 2.45) is 17.0 Å². The first-order valence-electron chi connectivity index (χ1n) is 18.2. The molecule has 0 spiro atoms. The van der Waals surface area contributed by atoms with Crippen molar-refractivity contribution < 1.29 is 23.1 Å². The van der Waals surface area contributed by atoms with Crippen LogP contribution in [-0.2, 0) is 34.3 Å². The minimum absolute atomic E-state index is 0.0253. The number of hydrogen-bond acceptors (Lipinski definition) is 8. The van der Waals surface area contributed by atoms with Crippen LogP contribution >= 0.6 is 0 Å². The number of nitrogens with one attached hydrogen (secondary N) is 1. The van der Waals surface area contributed by atoms with E-state index in [2.05, 4.69) is 15.5 Å². The molecule has 4 aromatic rings. The number of carbonyl (C=O) groups is 2. The summed E-state index contributed by atoms with van der Waals surface area (Å²) in [6.07, 6.45) is 1.30. The Bertz CT molecular complexity index is 1950. The molecular formula is C40H50N6O6S. The molecule has 282 valence electrons. The minimum Gasteiger partial charge on any atom is -0.390 e. The van der Waals surface area contributed by atoms with Gasteiger partial charge in [-0.1, -0.05) is 100.0 Å². The SMILES string of the molecule is CC[C@H](C)[C@@H](C(=O)N[C@@H](Cc1ccccc1)[C@H](O)CN(CC(C)C)S(=O)(=O)c1ccc(CN=O)cc1)N1CCN(Cc2ccnc3ccccc23)C1=O. The molecule has 0 bridgehead atoms. The van der Waals surface area contributed by atoms with Gasteiger partial charge in [-0.2, -0.15) is 9.21 Å². The number of pyridine rings is 1. The number of carbonyl (C=O) groups excluding carboxylic acids is 2. The summed E-state index contributed by atoms with van der Waals surface area (Å²) in [6.45, 7) is 8.65. The molecule has 1 aliphatic heterocycles. The van der Waals surface area contributed by atoms with Gasteiger partial charge in [0.25, 0.3) is 0 Å². The number of fused-ring (bicyclic) bond motifs is 1. The van der Waals surface area contributed by atoms with Gasteiger partial charge >= 0.3 is 6.03 Å². The zero-order valence-electron chi connectivity index (χ0n) is 30.8. The van der Waals surface area contributed by atoms with Gasteiger partial charge < -0.3 is 20.2 Å². The number of nitrogens with zero attached hydrogens (tertiary/aromatic N) is 5. The molecule has 1 fully saturated rings. The van der Waals surface area contributed by atoms with Crippen LogP contribution in [0.3, 0.4) is 0 Å². The monoisotopic (exact) mass is 742 g/mol. The smallest absolute Gasteiger partial charge is 0.321 e. The minimum atomic E-state index is -4.07. The maximum atomic E-state index is 14.4. The summed E-state index contributed by atoms with van der Waals surface area (Å²) in [5.41, 5.74) is 3.25. The van der Waals surface area contributed by atoms with Crippen LogP contribution in [0, 0.1) is 16.7 Å². The van der Waals surface area contributed by atoms with E-state index in [0.717, 1.165) is 22.0 Å². The molecule has 4 atom stereocenters. The Morgan fingerprint density at radius 1 is 0.943 bits per heavy atom. The number of urea groups is 1. The van der Waals surface area contributed by atoms with Gasteiger partial charge in [-0.15, -0.1) is 0 Å². The van der Waals surface area contributed by atoms with Crippen LogP contribution in [0.4, 0.5) is 4.79 Å². The summed E-state index contributed by atoms with van der Waals surface area (Å²) in [5.74, 6) is -0.673. The molecule has 0 unspecified atom stereocenters. The molecule has 53 heavy (non-hydrogen) atoms. The maximum Gasteiger partial charge on any atom is 0.321 e. The number of rotatable bonds is 18. The third-order valence-corrected chi connectivity index (χ3v) is 11.7. The first-order valence-corrected chi connectivity index (χ1v) is 19.7. The molecule has 12 nitrogen and oxygen atoms in total. The summed E-state index contributed by atoms with van der Waals surface area (Å²) >= 11 is 0. The van der Waals surface area contributed by atoms with E-state index in [1.54, 1.807) is 28.1 Å². The van der Waals surface area contributed by atoms with Crippen molar-refractivity contribution in [3.05, 3.63) is 113 Å². The number of amides is 3. The maximum absolute atomic E-state index is 14.4. The average Bonchev–Trinajstić information content (AvgIpc) is 3.50. The Balaban J connectivity index is 1.38. The predicted molar refractivity (Wildman–Crippen MR) is 205 cm³/mol. The summed E-state index contributed by atoms with van der Waals surface area (Å²) in [6, 6.07) is 23.1. The van der Waals surface area contributed by atoms with E-state index in [1.165, 1.54) is 16.4 Å². The van der Waals surface area contributed by atoms with Gasteiger partial charge in [-0.3, -0.25) is 9.78 Å². The largest absolute Gasteiger partial charge is 0.390 e. The van der Waals surface area contributed by atoms with Crippen molar-refractivity contribution in [2.75, 3.05) is 26.2 Å². The zero-order valence-corrected chi connectivity index (χ0v) is 31.7. The molecule has 1 saturated heterocycles. The molecule has 3 amide bonds. The quantitative estimate of drug-likeness (QED) is 0.126. The highest BCUT2D eigenvalue weighted by Crippen LogP contribution is 2.26. The van der Waals surface area contributed by atoms with Gasteiger partial charge in [0.1, 0.15) is 12.6 Å². The lowest BCUT2D eigenvalue weighted by Gasteiger charge is -2.35. The highest BCUT2D eigenvalue weighted by Gasteiger charge is 2.41. The third-order valence-electron chi connectivity index (χ3n) is 9.87. The van der Waals surface area contributed by atoms with E-state index < -0.39 is 34.1 Å². The van der Waals surface area contributed by atoms with Gasteiger partial charge in [0, 0.05) is 44.3 Å². The Morgan fingerprint density at radius 3 is 2.32 bits per heavy atom. The highest BCUT2D eigenvalue weighted by atomic mass is 32.2. The standard InChI is InChI=1S/C40H50N6O6S/c1-5-29(4)38(46-22-21-44(40(46)49)26-32-19-20-41-35-14-10-9-13-34(32)35)39(48)43-36(23-30-11-7-6-8-12-30)37(47)27-45(25-28(2)3)53(51,52)33-17-15-31(16-18-33)24-42-50/h6-20,28-29,36-38,47H,5,21-27H2,1-4H3,(H,43,48)/t29-,36-,37+,38-/m0/s1. The molecule has 0 aliphatic carbocycles. The molecule has 1 aliphatic rings. The number of hydrogen-bond donors (Lipinski definition) is 2. The third kappa shape index (κ3) is 9.64. The Kier molecular flexibility index (Phi) is 13.3. The second-order valence-corrected chi connectivity index (χ2v) is 16.2. The Hall–Kier alpha value is -4.72. The fourth-order valence-electron chi connectivity index (χ4n) is 6.86. The van der Waals surface area contributed by atoms with E-state index in [-0.39, 0.29) is 48.8 Å². The topological polar surface area (TPSA) is 153 Å². The number of benzene rings is 3. The Morgan fingerprint density at radius 2 is 1.64 bits per heavy atom. The van der Waals surface area contributed by atoms with Crippen molar-refractivity contribution >= 4 is 32.9 Å². The van der Waals surface area contributed by atoms with Crippen molar-refractivity contribution in [3.8, 4) is 0 Å². The van der Waals surface area contributed by atoms with Crippen LogP contribution in [0.1, 0.15) is 50.8 Å². The van der Waals surface area contributed by atoms with Gasteiger partial charge in [0.2, 0.25) is 15.9 Å². The highest BCUT2D eigenvalue weighted by molar-refractivity contribution is 7.89. The van der Waals surface area contributed by atoms with Gasteiger partial charge in [0.05, 0.1) is 22.6 Å². The first kappa shape index (κ1) is 39.5. The predicted octanol–water partition coefficient (Wildman–Crippen LogP) is 5.59. The average molecular weight is 743 g/mol. The summed E-state index contributed by atoms with van der Waals surface area (Å²) in [7, 11) is -4.07. The molecular weight excluding hydrogens is 693 g/mol. The van der Waals surface area contributed by atoms with E-state index in [4.69, 9.17) is 0 Å². The van der Waals surface area contributed by atoms with Crippen molar-refractivity contribution in [1.29, 1.82) is 0 Å². The van der Waals surface area contributed by atoms with Crippen LogP contribution in [0.25, 0.3) is 10.9 Å². The number of aromatic nitrogens is 1. The van der Waals surface area contributed by atoms with Crippen molar-refractivity contribution in [3.63, 3.8) is 0 Å². The van der Waals surface area contributed by atoms with E-state index in [0.29, 0.717) is 31.6 Å². The molecule has 0 radical (unpaired) electrons. The normalized spacial score (nSPS) is 15.9. The number of para-hydroxylation sites is 1. The van der Waals surface area contributed by atoms with E-state index in [9.17, 15) is 28.0 Å². The molecule has 13 heteroatoms. The van der Waals surface area contributed by atoms with E-state index in [1.807, 2.05) is 88.4 Å². The fraction of sp³-hybridized carbons (Fsp3) is 0.425. The lowest BCUT2D eigenvalue weighted by Crippen LogP contribution is -2.57. The number of aliphatic hydroxyl groups is 1. The fourth-order valence-corrected chi connectivity index (χ4v) is 8.48. The van der Waals surface area contributed by atoms with Crippen LogP contribution in [0.15, 0.2) is 101 Å². The first-order chi connectivity index (χ1) is 25.4. The van der Waals surface area contributed by atoms with E-state index >= 15 is 0 Å². The molecule has 2 heterocycles. The number of aliphatic hydroxyl groups excluding tert-OH is 1. The molecule has 1 aromatic heterocycles. The summed E-state index contributed by atoms with van der Waals surface area (Å²) in [4.78, 5) is 46.9. The molecule has 3 aromatic carbocycles. The number of sulfonamides is 1. The van der Waals surface area contributed by atoms with Crippen LogP contribution in [-0.4, -0.2) is 88.9 Å². The van der Waals surface area contributed by atoms with Crippen molar-refractivity contribution in [2.45, 2.75) is 76.7 Å². The van der Waals surface area contributed by atoms with Crippen molar-refractivity contribution in [1.82, 2.24) is 24.4 Å². The molecule has 5 rings (SSSR count). The van der Waals surface area contributed by atoms with Crippen LogP contribution in [0.5, 0.6) is 0 Å². The van der Waals surface area contributed by atoms with Crippen LogP contribution < -0.4 is 5.32 Å². The van der Waals surface area contributed by atoms with Gasteiger partial charge in [0.15, 0.2) is 0 Å². The number of nitroso groups, excluding NO2 is 1. The van der Waals surface area contributed by atoms with Gasteiger partial charge in [-0.05, 0) is 59.2 Å². The van der Waals surface area contributed by atoms with Crippen LogP contribution in [0.2, 0.25) is 0 Å². The van der Waals surface area contributed by atoms with Gasteiger partial charge in [-0.25, -0.2) is 13.2 Å². The molecule has 0 saturated carbocycles.